The Morgan fingerprint density at radius 1 is 1.07 bits per heavy atom. The van der Waals surface area contributed by atoms with Crippen LogP contribution in [0.5, 0.6) is 0 Å². The first kappa shape index (κ1) is 30.8. The van der Waals surface area contributed by atoms with Crippen LogP contribution in [0, 0.1) is 5.92 Å². The molecule has 0 saturated heterocycles. The van der Waals surface area contributed by atoms with Crippen LogP contribution in [0.4, 0.5) is 0 Å². The number of fused-ring (bicyclic) bond motifs is 1. The largest absolute Gasteiger partial charge is 0.462 e. The second-order valence-corrected chi connectivity index (χ2v) is 13.4. The van der Waals surface area contributed by atoms with Gasteiger partial charge in [0.25, 0.3) is 5.56 Å². The van der Waals surface area contributed by atoms with E-state index in [1.165, 1.54) is 11.3 Å². The highest BCUT2D eigenvalue weighted by Gasteiger charge is 2.33. The van der Waals surface area contributed by atoms with Gasteiger partial charge in [-0.3, -0.25) is 9.36 Å². The highest BCUT2D eigenvalue weighted by atomic mass is 35.5. The van der Waals surface area contributed by atoms with Gasteiger partial charge in [0.2, 0.25) is 0 Å². The molecule has 0 saturated carbocycles. The van der Waals surface area contributed by atoms with Gasteiger partial charge < -0.3 is 4.74 Å². The number of allylic oxidation sites excluding steroid dienone is 1. The van der Waals surface area contributed by atoms with Crippen molar-refractivity contribution in [3.8, 4) is 16.9 Å². The molecule has 5 aromatic rings. The number of thiazole rings is 1. The van der Waals surface area contributed by atoms with Crippen LogP contribution in [0.2, 0.25) is 5.02 Å². The summed E-state index contributed by atoms with van der Waals surface area (Å²) in [7, 11) is 0. The molecule has 0 fully saturated rings. The topological polar surface area (TPSA) is 78.5 Å². The van der Waals surface area contributed by atoms with Crippen molar-refractivity contribution in [3.63, 3.8) is 0 Å². The second-order valence-electron chi connectivity index (χ2n) is 11.1. The number of carbonyl (C=O) groups excluding carboxylic acids is 1. The molecule has 228 valence electrons. The lowest BCUT2D eigenvalue weighted by Crippen LogP contribution is -2.40. The summed E-state index contributed by atoms with van der Waals surface area (Å²) in [5, 5.41) is 5.52. The van der Waals surface area contributed by atoms with Crippen molar-refractivity contribution in [1.29, 1.82) is 0 Å². The third-order valence-corrected chi connectivity index (χ3v) is 9.37. The van der Waals surface area contributed by atoms with E-state index < -0.39 is 12.0 Å². The van der Waals surface area contributed by atoms with Crippen LogP contribution in [0.25, 0.3) is 23.0 Å². The Kier molecular flexibility index (Phi) is 8.94. The van der Waals surface area contributed by atoms with E-state index in [1.807, 2.05) is 111 Å². The number of thioether (sulfide) groups is 1. The van der Waals surface area contributed by atoms with Gasteiger partial charge in [-0.05, 0) is 67.1 Å². The number of hydrogen-bond donors (Lipinski definition) is 0. The summed E-state index contributed by atoms with van der Waals surface area (Å²) in [4.78, 5) is 34.2. The van der Waals surface area contributed by atoms with Crippen molar-refractivity contribution in [1.82, 2.24) is 14.3 Å². The van der Waals surface area contributed by atoms with Gasteiger partial charge in [0.05, 0.1) is 34.1 Å². The lowest BCUT2D eigenvalue weighted by Gasteiger charge is -2.25. The predicted octanol–water partition coefficient (Wildman–Crippen LogP) is 6.66. The number of ether oxygens (including phenoxy) is 1. The van der Waals surface area contributed by atoms with Gasteiger partial charge >= 0.3 is 5.97 Å². The summed E-state index contributed by atoms with van der Waals surface area (Å²) < 4.78 is 9.58. The quantitative estimate of drug-likeness (QED) is 0.138. The number of carbonyl (C=O) groups is 1. The molecule has 0 aliphatic carbocycles. The SMILES string of the molecule is CSc1ccc(C2C(C(=O)OCC(C)C)=C(C)N=c3sc(=Cc4cn(-c5ccccc5)nc4-c4ccc(Cl)cc4)c(=O)n32)cc1. The number of nitrogens with zero attached hydrogens (tertiary/aromatic N) is 4. The zero-order valence-electron chi connectivity index (χ0n) is 25.2. The molecule has 3 heterocycles. The van der Waals surface area contributed by atoms with Gasteiger partial charge in [-0.25, -0.2) is 14.5 Å². The minimum atomic E-state index is -0.679. The molecule has 1 aliphatic rings. The van der Waals surface area contributed by atoms with E-state index in [1.54, 1.807) is 27.9 Å². The normalized spacial score (nSPS) is 14.9. The molecule has 7 nitrogen and oxygen atoms in total. The van der Waals surface area contributed by atoms with Crippen LogP contribution in [0.1, 0.15) is 37.9 Å². The lowest BCUT2D eigenvalue weighted by atomic mass is 9.96. The number of halogens is 1. The maximum absolute atomic E-state index is 14.3. The van der Waals surface area contributed by atoms with Crippen LogP contribution in [-0.4, -0.2) is 33.2 Å². The first-order chi connectivity index (χ1) is 21.7. The van der Waals surface area contributed by atoms with Crippen LogP contribution >= 0.6 is 34.7 Å². The van der Waals surface area contributed by atoms with Crippen LogP contribution < -0.4 is 14.9 Å². The van der Waals surface area contributed by atoms with Crippen LogP contribution in [-0.2, 0) is 9.53 Å². The Morgan fingerprint density at radius 3 is 2.44 bits per heavy atom. The van der Waals surface area contributed by atoms with Gasteiger partial charge in [0.1, 0.15) is 5.69 Å². The summed E-state index contributed by atoms with van der Waals surface area (Å²) in [5.74, 6) is -0.297. The second kappa shape index (κ2) is 13.0. The Labute approximate surface area is 274 Å². The molecule has 2 aromatic heterocycles. The fourth-order valence-corrected chi connectivity index (χ4v) is 6.76. The average Bonchev–Trinajstić information content (AvgIpc) is 3.60. The molecule has 10 heteroatoms. The first-order valence-electron chi connectivity index (χ1n) is 14.5. The van der Waals surface area contributed by atoms with E-state index in [9.17, 15) is 9.59 Å². The monoisotopic (exact) mass is 654 g/mol. The number of para-hydroxylation sites is 1. The van der Waals surface area contributed by atoms with E-state index in [4.69, 9.17) is 26.4 Å². The molecule has 0 bridgehead atoms. The van der Waals surface area contributed by atoms with E-state index in [2.05, 4.69) is 0 Å². The molecular formula is C35H31ClN4O3S2. The number of esters is 1. The Morgan fingerprint density at radius 2 is 1.78 bits per heavy atom. The number of aromatic nitrogens is 3. The predicted molar refractivity (Wildman–Crippen MR) is 182 cm³/mol. The fraction of sp³-hybridized carbons (Fsp3) is 0.200. The summed E-state index contributed by atoms with van der Waals surface area (Å²) in [6.45, 7) is 6.05. The van der Waals surface area contributed by atoms with Crippen molar-refractivity contribution in [2.24, 2.45) is 10.9 Å². The zero-order valence-corrected chi connectivity index (χ0v) is 27.6. The highest BCUT2D eigenvalue weighted by molar-refractivity contribution is 7.98. The van der Waals surface area contributed by atoms with Crippen LogP contribution in [0.3, 0.4) is 0 Å². The zero-order chi connectivity index (χ0) is 31.7. The van der Waals surface area contributed by atoms with Crippen molar-refractivity contribution < 1.29 is 9.53 Å². The number of benzene rings is 3. The third-order valence-electron chi connectivity index (χ3n) is 7.39. The molecule has 0 N–H and O–H groups in total. The van der Waals surface area contributed by atoms with Crippen molar-refractivity contribution in [3.05, 3.63) is 132 Å². The molecule has 0 radical (unpaired) electrons. The summed E-state index contributed by atoms with van der Waals surface area (Å²) >= 11 is 9.10. The molecule has 6 rings (SSSR count). The Bertz CT molecular complexity index is 2080. The maximum Gasteiger partial charge on any atom is 0.338 e. The average molecular weight is 655 g/mol. The van der Waals surface area contributed by atoms with Gasteiger partial charge in [-0.15, -0.1) is 11.8 Å². The smallest absolute Gasteiger partial charge is 0.338 e. The Hall–Kier alpha value is -4.18. The molecule has 1 unspecified atom stereocenters. The minimum Gasteiger partial charge on any atom is -0.462 e. The van der Waals surface area contributed by atoms with Crippen molar-refractivity contribution >= 4 is 46.7 Å². The highest BCUT2D eigenvalue weighted by Crippen LogP contribution is 2.32. The molecule has 1 atom stereocenters. The summed E-state index contributed by atoms with van der Waals surface area (Å²) in [6.07, 6.45) is 5.77. The molecule has 0 amide bonds. The van der Waals surface area contributed by atoms with E-state index in [-0.39, 0.29) is 18.1 Å². The standard InChI is InChI=1S/C35H31ClN4O3S2/c1-21(2)20-43-34(42)30-22(3)37-35-40(32(30)24-12-16-28(44-4)17-13-24)33(41)29(45-35)18-25-19-39(27-8-6-5-7-9-27)38-31(25)23-10-14-26(36)15-11-23/h5-19,21,32H,20H2,1-4H3. The summed E-state index contributed by atoms with van der Waals surface area (Å²) in [5.41, 5.74) is 4.70. The molecule has 45 heavy (non-hydrogen) atoms. The van der Waals surface area contributed by atoms with Crippen molar-refractivity contribution in [2.75, 3.05) is 12.9 Å². The summed E-state index contributed by atoms with van der Waals surface area (Å²) in [6, 6.07) is 24.5. The minimum absolute atomic E-state index is 0.168. The van der Waals surface area contributed by atoms with E-state index in [0.717, 1.165) is 27.3 Å². The number of rotatable bonds is 8. The molecule has 1 aliphatic heterocycles. The van der Waals surface area contributed by atoms with Crippen LogP contribution in [0.15, 0.2) is 111 Å². The van der Waals surface area contributed by atoms with Gasteiger partial charge in [0, 0.05) is 27.2 Å². The van der Waals surface area contributed by atoms with Gasteiger partial charge in [-0.1, -0.05) is 79.2 Å². The van der Waals surface area contributed by atoms with E-state index >= 15 is 0 Å². The molecule has 3 aromatic carbocycles. The third kappa shape index (κ3) is 6.33. The van der Waals surface area contributed by atoms with Gasteiger partial charge in [-0.2, -0.15) is 5.10 Å². The Balaban J connectivity index is 1.53. The molecule has 0 spiro atoms. The van der Waals surface area contributed by atoms with Crippen molar-refractivity contribution in [2.45, 2.75) is 31.7 Å². The molecular weight excluding hydrogens is 624 g/mol. The number of hydrogen-bond acceptors (Lipinski definition) is 7. The first-order valence-corrected chi connectivity index (χ1v) is 16.9. The fourth-order valence-electron chi connectivity index (χ4n) is 5.18. The lowest BCUT2D eigenvalue weighted by molar-refractivity contribution is -0.140. The van der Waals surface area contributed by atoms with Gasteiger partial charge in [0.15, 0.2) is 4.80 Å². The maximum atomic E-state index is 14.3. The van der Waals surface area contributed by atoms with E-state index in [0.29, 0.717) is 31.3 Å².